The molecule has 2 aromatic carbocycles. The van der Waals surface area contributed by atoms with Crippen LogP contribution >= 0.6 is 0 Å². The third-order valence-electron chi connectivity index (χ3n) is 3.84. The summed E-state index contributed by atoms with van der Waals surface area (Å²) in [6, 6.07) is 11.4. The van der Waals surface area contributed by atoms with Crippen LogP contribution in [0.15, 0.2) is 36.4 Å². The van der Waals surface area contributed by atoms with E-state index >= 15 is 0 Å². The summed E-state index contributed by atoms with van der Waals surface area (Å²) in [5.74, 6) is 0.533. The second-order valence-corrected chi connectivity index (χ2v) is 5.53. The van der Waals surface area contributed by atoms with Gasteiger partial charge >= 0.3 is 0 Å². The maximum Gasteiger partial charge on any atom is 0.156 e. The van der Waals surface area contributed by atoms with Crippen LogP contribution in [0.4, 0.5) is 5.82 Å². The quantitative estimate of drug-likeness (QED) is 0.761. The molecule has 1 aromatic heterocycles. The minimum absolute atomic E-state index is 0.128. The Bertz CT molecular complexity index is 852. The Morgan fingerprint density at radius 3 is 2.45 bits per heavy atom. The maximum absolute atomic E-state index is 10.1. The number of nitrogens with two attached hydrogens (primary N) is 1. The van der Waals surface area contributed by atoms with Crippen LogP contribution < -0.4 is 5.73 Å². The van der Waals surface area contributed by atoms with E-state index in [4.69, 9.17) is 5.73 Å². The number of benzene rings is 2. The van der Waals surface area contributed by atoms with Crippen LogP contribution in [0.5, 0.6) is 5.75 Å². The van der Waals surface area contributed by atoms with E-state index in [0.717, 1.165) is 11.1 Å². The summed E-state index contributed by atoms with van der Waals surface area (Å²) in [4.78, 5) is 0. The number of hydrogen-bond acceptors (Lipinski definition) is 4. The Morgan fingerprint density at radius 1 is 1.00 bits per heavy atom. The molecule has 0 amide bonds. The summed E-state index contributed by atoms with van der Waals surface area (Å²) in [5.41, 5.74) is 11.6. The van der Waals surface area contributed by atoms with Gasteiger partial charge in [0, 0.05) is 5.56 Å². The third-order valence-corrected chi connectivity index (χ3v) is 3.84. The van der Waals surface area contributed by atoms with Crippen LogP contribution in [0.1, 0.15) is 16.7 Å². The highest BCUT2D eigenvalue weighted by Gasteiger charge is 2.15. The Hall–Kier alpha value is -2.82. The molecule has 0 fully saturated rings. The molecule has 0 saturated heterocycles. The first-order valence-electron chi connectivity index (χ1n) is 7.06. The minimum Gasteiger partial charge on any atom is -0.506 e. The standard InChI is InChI=1S/C17H18N4O/c1-10-4-7-14(15(22)8-10)21-17(18)16(19-20-21)13-6-5-11(2)12(3)9-13/h4-9,22H,18H2,1-3H3. The number of phenols is 1. The molecule has 5 nitrogen and oxygen atoms in total. The summed E-state index contributed by atoms with van der Waals surface area (Å²) in [7, 11) is 0. The van der Waals surface area contributed by atoms with Crippen molar-refractivity contribution in [2.75, 3.05) is 5.73 Å². The Labute approximate surface area is 129 Å². The van der Waals surface area contributed by atoms with Gasteiger partial charge in [0.2, 0.25) is 0 Å². The lowest BCUT2D eigenvalue weighted by atomic mass is 10.0. The van der Waals surface area contributed by atoms with Crippen molar-refractivity contribution in [2.24, 2.45) is 0 Å². The summed E-state index contributed by atoms with van der Waals surface area (Å²) >= 11 is 0. The van der Waals surface area contributed by atoms with Crippen LogP contribution in [0, 0.1) is 20.8 Å². The molecular weight excluding hydrogens is 276 g/mol. The largest absolute Gasteiger partial charge is 0.506 e. The number of hydrogen-bond donors (Lipinski definition) is 2. The minimum atomic E-state index is 0.128. The van der Waals surface area contributed by atoms with Crippen LogP contribution in [-0.4, -0.2) is 20.1 Å². The molecular formula is C17H18N4O. The first-order valence-corrected chi connectivity index (χ1v) is 7.06. The Balaban J connectivity index is 2.10. The topological polar surface area (TPSA) is 77.0 Å². The SMILES string of the molecule is Cc1ccc(-n2nnc(-c3ccc(C)c(C)c3)c2N)c(O)c1. The van der Waals surface area contributed by atoms with Crippen molar-refractivity contribution in [1.82, 2.24) is 15.0 Å². The third kappa shape index (κ3) is 2.30. The molecule has 0 saturated carbocycles. The van der Waals surface area contributed by atoms with Crippen molar-refractivity contribution in [1.29, 1.82) is 0 Å². The highest BCUT2D eigenvalue weighted by Crippen LogP contribution is 2.30. The normalized spacial score (nSPS) is 10.9. The predicted octanol–water partition coefficient (Wildman–Crippen LogP) is 3.15. The van der Waals surface area contributed by atoms with Crippen LogP contribution in [0.3, 0.4) is 0 Å². The number of phenolic OH excluding ortho intramolecular Hbond substituents is 1. The Morgan fingerprint density at radius 2 is 1.77 bits per heavy atom. The van der Waals surface area contributed by atoms with Gasteiger partial charge in [0.05, 0.1) is 0 Å². The molecule has 0 atom stereocenters. The second kappa shape index (κ2) is 5.18. The second-order valence-electron chi connectivity index (χ2n) is 5.53. The van der Waals surface area contributed by atoms with Gasteiger partial charge in [-0.05, 0) is 55.7 Å². The van der Waals surface area contributed by atoms with Gasteiger partial charge in [-0.3, -0.25) is 0 Å². The van der Waals surface area contributed by atoms with E-state index in [0.29, 0.717) is 17.2 Å². The van der Waals surface area contributed by atoms with Crippen molar-refractivity contribution in [2.45, 2.75) is 20.8 Å². The van der Waals surface area contributed by atoms with Crippen molar-refractivity contribution in [3.05, 3.63) is 53.1 Å². The van der Waals surface area contributed by atoms with Crippen LogP contribution in [0.2, 0.25) is 0 Å². The van der Waals surface area contributed by atoms with E-state index in [2.05, 4.69) is 17.2 Å². The monoisotopic (exact) mass is 294 g/mol. The van der Waals surface area contributed by atoms with Gasteiger partial charge in [-0.15, -0.1) is 5.10 Å². The van der Waals surface area contributed by atoms with Gasteiger partial charge in [0.15, 0.2) is 5.82 Å². The molecule has 22 heavy (non-hydrogen) atoms. The van der Waals surface area contributed by atoms with Crippen molar-refractivity contribution >= 4 is 5.82 Å². The fourth-order valence-corrected chi connectivity index (χ4v) is 2.37. The number of aryl methyl sites for hydroxylation is 3. The highest BCUT2D eigenvalue weighted by atomic mass is 16.3. The van der Waals surface area contributed by atoms with Crippen molar-refractivity contribution in [3.8, 4) is 22.7 Å². The summed E-state index contributed by atoms with van der Waals surface area (Å²) in [5, 5.41) is 18.3. The average Bonchev–Trinajstić information content (AvgIpc) is 2.84. The van der Waals surface area contributed by atoms with Gasteiger partial charge in [-0.1, -0.05) is 23.4 Å². The molecule has 3 N–H and O–H groups in total. The average molecular weight is 294 g/mol. The van der Waals surface area contributed by atoms with Gasteiger partial charge in [0.1, 0.15) is 17.1 Å². The van der Waals surface area contributed by atoms with E-state index in [1.165, 1.54) is 15.8 Å². The fraction of sp³-hybridized carbons (Fsp3) is 0.176. The summed E-state index contributed by atoms with van der Waals surface area (Å²) in [6.45, 7) is 6.02. The van der Waals surface area contributed by atoms with E-state index in [1.807, 2.05) is 38.1 Å². The smallest absolute Gasteiger partial charge is 0.156 e. The van der Waals surface area contributed by atoms with E-state index < -0.39 is 0 Å². The lowest BCUT2D eigenvalue weighted by Crippen LogP contribution is -2.03. The summed E-state index contributed by atoms with van der Waals surface area (Å²) < 4.78 is 1.46. The number of nitrogens with zero attached hydrogens (tertiary/aromatic N) is 3. The number of aromatic hydroxyl groups is 1. The van der Waals surface area contributed by atoms with E-state index in [1.54, 1.807) is 12.1 Å². The molecule has 1 heterocycles. The van der Waals surface area contributed by atoms with Crippen molar-refractivity contribution in [3.63, 3.8) is 0 Å². The fourth-order valence-electron chi connectivity index (χ4n) is 2.37. The molecule has 0 unspecified atom stereocenters. The van der Waals surface area contributed by atoms with Gasteiger partial charge in [0.25, 0.3) is 0 Å². The molecule has 0 spiro atoms. The lowest BCUT2D eigenvalue weighted by Gasteiger charge is -2.07. The molecule has 0 bridgehead atoms. The number of nitrogen functional groups attached to an aromatic ring is 1. The van der Waals surface area contributed by atoms with Gasteiger partial charge < -0.3 is 10.8 Å². The zero-order valence-corrected chi connectivity index (χ0v) is 12.8. The zero-order chi connectivity index (χ0) is 15.9. The van der Waals surface area contributed by atoms with Gasteiger partial charge in [-0.25, -0.2) is 0 Å². The maximum atomic E-state index is 10.1. The number of aromatic nitrogens is 3. The van der Waals surface area contributed by atoms with E-state index in [-0.39, 0.29) is 5.75 Å². The molecule has 5 heteroatoms. The van der Waals surface area contributed by atoms with Crippen LogP contribution in [-0.2, 0) is 0 Å². The number of rotatable bonds is 2. The predicted molar refractivity (Wildman–Crippen MR) is 87.1 cm³/mol. The molecule has 3 rings (SSSR count). The molecule has 0 aliphatic rings. The van der Waals surface area contributed by atoms with E-state index in [9.17, 15) is 5.11 Å². The molecule has 3 aromatic rings. The molecule has 0 aliphatic heterocycles. The number of anilines is 1. The molecule has 0 aliphatic carbocycles. The lowest BCUT2D eigenvalue weighted by molar-refractivity contribution is 0.469. The first kappa shape index (κ1) is 14.1. The van der Waals surface area contributed by atoms with Crippen molar-refractivity contribution < 1.29 is 5.11 Å². The summed E-state index contributed by atoms with van der Waals surface area (Å²) in [6.07, 6.45) is 0. The molecule has 0 radical (unpaired) electrons. The van der Waals surface area contributed by atoms with Crippen LogP contribution in [0.25, 0.3) is 16.9 Å². The Kier molecular flexibility index (Phi) is 3.33. The first-order chi connectivity index (χ1) is 10.5. The highest BCUT2D eigenvalue weighted by molar-refractivity contribution is 5.72. The van der Waals surface area contributed by atoms with Gasteiger partial charge in [-0.2, -0.15) is 4.68 Å². The molecule has 112 valence electrons. The zero-order valence-electron chi connectivity index (χ0n) is 12.8.